The predicted molar refractivity (Wildman–Crippen MR) is 123 cm³/mol. The molecule has 0 aliphatic rings. The van der Waals surface area contributed by atoms with E-state index in [2.05, 4.69) is 32.1 Å². The van der Waals surface area contributed by atoms with Crippen LogP contribution in [0, 0.1) is 22.7 Å². The van der Waals surface area contributed by atoms with Gasteiger partial charge >= 0.3 is 0 Å². The van der Waals surface area contributed by atoms with Gasteiger partial charge in [0.15, 0.2) is 0 Å². The number of nitrogens with zero attached hydrogens (tertiary/aromatic N) is 2. The Morgan fingerprint density at radius 3 is 2.07 bits per heavy atom. The van der Waals surface area contributed by atoms with Crippen LogP contribution in [0.5, 0.6) is 5.75 Å². The zero-order valence-electron chi connectivity index (χ0n) is 18.5. The summed E-state index contributed by atoms with van der Waals surface area (Å²) in [5.41, 5.74) is 3.76. The predicted octanol–water partition coefficient (Wildman–Crippen LogP) is 7.57. The lowest BCUT2D eigenvalue weighted by Crippen LogP contribution is -2.05. The maximum atomic E-state index is 9.92. The molecular weight excluding hydrogens is 368 g/mol. The minimum Gasteiger partial charge on any atom is -0.492 e. The molecule has 0 amide bonds. The van der Waals surface area contributed by atoms with E-state index in [1.54, 1.807) is 0 Å². The average Bonchev–Trinajstić information content (AvgIpc) is 2.79. The number of aryl methyl sites for hydroxylation is 1. The molecule has 30 heavy (non-hydrogen) atoms. The average molecular weight is 403 g/mol. The Hall–Kier alpha value is -2.78. The molecule has 0 fully saturated rings. The highest BCUT2D eigenvalue weighted by molar-refractivity contribution is 5.77. The Kier molecular flexibility index (Phi) is 10.5. The van der Waals surface area contributed by atoms with E-state index in [9.17, 15) is 10.5 Å². The molecule has 2 aromatic rings. The first kappa shape index (κ1) is 23.5. The molecule has 0 saturated carbocycles. The number of rotatable bonds is 13. The number of unbranched alkanes of at least 4 members (excludes halogenated alkanes) is 7. The van der Waals surface area contributed by atoms with Crippen LogP contribution in [-0.4, -0.2) is 6.61 Å². The van der Waals surface area contributed by atoms with Gasteiger partial charge in [-0.2, -0.15) is 10.5 Å². The minimum atomic E-state index is 0.385. The second-order valence-electron chi connectivity index (χ2n) is 7.83. The third kappa shape index (κ3) is 6.64. The van der Waals surface area contributed by atoms with Gasteiger partial charge in [0, 0.05) is 5.56 Å². The third-order valence-corrected chi connectivity index (χ3v) is 5.46. The van der Waals surface area contributed by atoms with Crippen molar-refractivity contribution in [3.8, 4) is 29.0 Å². The van der Waals surface area contributed by atoms with E-state index >= 15 is 0 Å². The number of ether oxygens (including phenoxy) is 1. The second-order valence-corrected chi connectivity index (χ2v) is 7.83. The molecule has 2 rings (SSSR count). The Bertz CT molecular complexity index is 859. The molecule has 0 atom stereocenters. The lowest BCUT2D eigenvalue weighted by atomic mass is 9.91. The lowest BCUT2D eigenvalue weighted by molar-refractivity contribution is 0.304. The lowest BCUT2D eigenvalue weighted by Gasteiger charge is -2.17. The maximum absolute atomic E-state index is 9.92. The fourth-order valence-electron chi connectivity index (χ4n) is 3.76. The zero-order valence-corrected chi connectivity index (χ0v) is 18.5. The Morgan fingerprint density at radius 1 is 0.767 bits per heavy atom. The summed E-state index contributed by atoms with van der Waals surface area (Å²) in [6, 6.07) is 16.7. The van der Waals surface area contributed by atoms with E-state index in [1.165, 1.54) is 25.7 Å². The molecular formula is C27H34N2O. The smallest absolute Gasteiger partial charge is 0.146 e. The van der Waals surface area contributed by atoms with Gasteiger partial charge in [-0.25, -0.2) is 0 Å². The van der Waals surface area contributed by atoms with Crippen molar-refractivity contribution in [1.82, 2.24) is 0 Å². The quantitative estimate of drug-likeness (QED) is 0.325. The molecule has 0 heterocycles. The van der Waals surface area contributed by atoms with Crippen LogP contribution in [-0.2, 0) is 6.42 Å². The van der Waals surface area contributed by atoms with Gasteiger partial charge in [0.1, 0.15) is 23.5 Å². The van der Waals surface area contributed by atoms with E-state index in [0.29, 0.717) is 23.5 Å². The first-order chi connectivity index (χ1) is 14.8. The van der Waals surface area contributed by atoms with Gasteiger partial charge in [-0.1, -0.05) is 89.1 Å². The first-order valence-corrected chi connectivity index (χ1v) is 11.4. The van der Waals surface area contributed by atoms with Crippen LogP contribution in [0.1, 0.15) is 88.3 Å². The summed E-state index contributed by atoms with van der Waals surface area (Å²) in [4.78, 5) is 0. The van der Waals surface area contributed by atoms with E-state index in [4.69, 9.17) is 4.74 Å². The highest BCUT2D eigenvalue weighted by Crippen LogP contribution is 2.37. The standard InChI is InChI=1S/C27H34N2O/c1-3-5-7-8-9-14-18-30-27-24(22-15-12-10-13-16-22)19-23(17-11-6-4-2)25(20-28)26(27)21-29/h10,12-13,15-16,19H,3-9,11,14,17-18H2,1-2H3. The molecule has 0 aliphatic heterocycles. The monoisotopic (exact) mass is 402 g/mol. The minimum absolute atomic E-state index is 0.385. The van der Waals surface area contributed by atoms with Gasteiger partial charge in [-0.05, 0) is 36.5 Å². The Labute approximate surface area is 182 Å². The molecule has 0 N–H and O–H groups in total. The van der Waals surface area contributed by atoms with Crippen LogP contribution >= 0.6 is 0 Å². The van der Waals surface area contributed by atoms with E-state index in [0.717, 1.165) is 55.2 Å². The molecule has 0 radical (unpaired) electrons. The SMILES string of the molecule is CCCCCCCCOc1c(-c2ccccc2)cc(CCCCC)c(C#N)c1C#N. The van der Waals surface area contributed by atoms with Crippen LogP contribution in [0.25, 0.3) is 11.1 Å². The highest BCUT2D eigenvalue weighted by Gasteiger charge is 2.20. The zero-order chi connectivity index (χ0) is 21.6. The number of hydrogen-bond donors (Lipinski definition) is 0. The summed E-state index contributed by atoms with van der Waals surface area (Å²) >= 11 is 0. The largest absolute Gasteiger partial charge is 0.492 e. The summed E-state index contributed by atoms with van der Waals surface area (Å²) in [5, 5.41) is 19.7. The summed E-state index contributed by atoms with van der Waals surface area (Å²) in [6.07, 6.45) is 11.2. The second kappa shape index (κ2) is 13.4. The maximum Gasteiger partial charge on any atom is 0.146 e. The van der Waals surface area contributed by atoms with Gasteiger partial charge in [-0.3, -0.25) is 0 Å². The molecule has 0 bridgehead atoms. The van der Waals surface area contributed by atoms with Crippen LogP contribution < -0.4 is 4.74 Å². The molecule has 158 valence electrons. The molecule has 3 nitrogen and oxygen atoms in total. The van der Waals surface area contributed by atoms with E-state index in [1.807, 2.05) is 30.3 Å². The van der Waals surface area contributed by atoms with Crippen molar-refractivity contribution in [3.05, 3.63) is 53.1 Å². The normalized spacial score (nSPS) is 10.4. The summed E-state index contributed by atoms with van der Waals surface area (Å²) in [7, 11) is 0. The third-order valence-electron chi connectivity index (χ3n) is 5.46. The number of benzene rings is 2. The van der Waals surface area contributed by atoms with Crippen LogP contribution in [0.15, 0.2) is 36.4 Å². The van der Waals surface area contributed by atoms with Gasteiger partial charge in [0.25, 0.3) is 0 Å². The molecule has 3 heteroatoms. The van der Waals surface area contributed by atoms with Crippen molar-refractivity contribution in [2.45, 2.75) is 78.1 Å². The number of nitriles is 2. The summed E-state index contributed by atoms with van der Waals surface area (Å²) in [5.74, 6) is 0.563. The van der Waals surface area contributed by atoms with Crippen molar-refractivity contribution in [3.63, 3.8) is 0 Å². The molecule has 0 unspecified atom stereocenters. The van der Waals surface area contributed by atoms with Crippen molar-refractivity contribution in [2.24, 2.45) is 0 Å². The van der Waals surface area contributed by atoms with Crippen molar-refractivity contribution in [1.29, 1.82) is 10.5 Å². The molecule has 0 aliphatic carbocycles. The van der Waals surface area contributed by atoms with Gasteiger partial charge in [-0.15, -0.1) is 0 Å². The Balaban J connectivity index is 2.33. The summed E-state index contributed by atoms with van der Waals surface area (Å²) in [6.45, 7) is 4.96. The van der Waals surface area contributed by atoms with Gasteiger partial charge < -0.3 is 4.74 Å². The molecule has 0 saturated heterocycles. The van der Waals surface area contributed by atoms with Gasteiger partial charge in [0.2, 0.25) is 0 Å². The van der Waals surface area contributed by atoms with E-state index < -0.39 is 0 Å². The highest BCUT2D eigenvalue weighted by atomic mass is 16.5. The van der Waals surface area contributed by atoms with Crippen molar-refractivity contribution < 1.29 is 4.74 Å². The summed E-state index contributed by atoms with van der Waals surface area (Å²) < 4.78 is 6.17. The Morgan fingerprint density at radius 2 is 1.40 bits per heavy atom. The van der Waals surface area contributed by atoms with E-state index in [-0.39, 0.29) is 0 Å². The van der Waals surface area contributed by atoms with Crippen molar-refractivity contribution in [2.75, 3.05) is 6.61 Å². The van der Waals surface area contributed by atoms with Gasteiger partial charge in [0.05, 0.1) is 12.2 Å². The first-order valence-electron chi connectivity index (χ1n) is 11.4. The van der Waals surface area contributed by atoms with Crippen LogP contribution in [0.4, 0.5) is 0 Å². The fraction of sp³-hybridized carbons (Fsp3) is 0.481. The molecule has 2 aromatic carbocycles. The molecule has 0 aromatic heterocycles. The van der Waals surface area contributed by atoms with Crippen LogP contribution in [0.2, 0.25) is 0 Å². The van der Waals surface area contributed by atoms with Crippen LogP contribution in [0.3, 0.4) is 0 Å². The fourth-order valence-corrected chi connectivity index (χ4v) is 3.76. The van der Waals surface area contributed by atoms with Crippen molar-refractivity contribution >= 4 is 0 Å². The topological polar surface area (TPSA) is 56.8 Å². The molecule has 0 spiro atoms. The number of hydrogen-bond acceptors (Lipinski definition) is 3.